The van der Waals surface area contributed by atoms with Gasteiger partial charge in [0.05, 0.1) is 41.1 Å². The Labute approximate surface area is 227 Å². The highest BCUT2D eigenvalue weighted by Gasteiger charge is 2.46. The second kappa shape index (κ2) is 8.87. The predicted molar refractivity (Wildman–Crippen MR) is 144 cm³/mol. The molecule has 5 heterocycles. The van der Waals surface area contributed by atoms with E-state index in [-0.39, 0.29) is 48.1 Å². The maximum absolute atomic E-state index is 15.0. The molecule has 3 aliphatic heterocycles. The van der Waals surface area contributed by atoms with Crippen LogP contribution in [0.1, 0.15) is 61.1 Å². The molecule has 0 spiro atoms. The lowest BCUT2D eigenvalue weighted by Gasteiger charge is -2.31. The van der Waals surface area contributed by atoms with Crippen molar-refractivity contribution < 1.29 is 23.8 Å². The van der Waals surface area contributed by atoms with Gasteiger partial charge in [-0.1, -0.05) is 20.8 Å². The smallest absolute Gasteiger partial charge is 0.343 e. The van der Waals surface area contributed by atoms with E-state index in [1.165, 1.54) is 17.8 Å². The largest absolute Gasteiger partial charge is 0.458 e. The van der Waals surface area contributed by atoms with Crippen LogP contribution in [0, 0.1) is 18.7 Å². The van der Waals surface area contributed by atoms with Gasteiger partial charge in [-0.3, -0.25) is 9.59 Å². The molecule has 3 aliphatic rings. The third kappa shape index (κ3) is 3.59. The minimum Gasteiger partial charge on any atom is -0.458 e. The Morgan fingerprint density at radius 2 is 2.10 bits per heavy atom. The molecule has 0 saturated carbocycles. The van der Waals surface area contributed by atoms with Crippen molar-refractivity contribution in [2.24, 2.45) is 11.7 Å². The number of hydrogen-bond acceptors (Lipinski definition) is 8. The first-order valence-corrected chi connectivity index (χ1v) is 14.0. The van der Waals surface area contributed by atoms with Crippen molar-refractivity contribution in [1.29, 1.82) is 0 Å². The lowest BCUT2D eigenvalue weighted by atomic mass is 9.86. The fraction of sp³-hybridized carbons (Fsp3) is 0.429. The van der Waals surface area contributed by atoms with Crippen LogP contribution in [-0.4, -0.2) is 38.3 Å². The van der Waals surface area contributed by atoms with E-state index in [0.29, 0.717) is 28.2 Å². The zero-order valence-corrected chi connectivity index (χ0v) is 22.9. The van der Waals surface area contributed by atoms with E-state index in [2.05, 4.69) is 5.32 Å². The number of benzene rings is 1. The molecule has 0 bridgehead atoms. The minimum absolute atomic E-state index is 0.0280. The minimum atomic E-state index is -1.95. The summed E-state index contributed by atoms with van der Waals surface area (Å²) in [6.45, 7) is 7.06. The number of nitrogens with one attached hydrogen (secondary N) is 1. The van der Waals surface area contributed by atoms with Gasteiger partial charge in [0.1, 0.15) is 12.4 Å². The number of carbonyl (C=O) groups is 2. The molecule has 1 amide bonds. The monoisotopic (exact) mass is 552 g/mol. The Morgan fingerprint density at radius 3 is 2.79 bits per heavy atom. The molecular weight excluding hydrogens is 523 g/mol. The van der Waals surface area contributed by atoms with Crippen molar-refractivity contribution in [2.45, 2.75) is 69.8 Å². The summed E-state index contributed by atoms with van der Waals surface area (Å²) in [5.74, 6) is -1.09. The van der Waals surface area contributed by atoms with Crippen LogP contribution >= 0.6 is 11.8 Å². The van der Waals surface area contributed by atoms with Gasteiger partial charge in [-0.25, -0.2) is 14.2 Å². The van der Waals surface area contributed by atoms with Gasteiger partial charge in [-0.2, -0.15) is 0 Å². The summed E-state index contributed by atoms with van der Waals surface area (Å²) in [5.41, 5.74) is 7.57. The van der Waals surface area contributed by atoms with Gasteiger partial charge in [0.2, 0.25) is 5.91 Å². The van der Waals surface area contributed by atoms with Gasteiger partial charge in [0.25, 0.3) is 5.56 Å². The topological polar surface area (TPSA) is 137 Å². The van der Waals surface area contributed by atoms with Crippen LogP contribution in [0.25, 0.3) is 22.3 Å². The normalized spacial score (nSPS) is 21.8. The summed E-state index contributed by atoms with van der Waals surface area (Å²) in [6, 6.07) is 1.86. The molecule has 0 saturated heterocycles. The number of thioether (sulfide) groups is 1. The van der Waals surface area contributed by atoms with Crippen LogP contribution in [0.15, 0.2) is 21.8 Å². The Hall–Kier alpha value is -3.28. The van der Waals surface area contributed by atoms with Crippen LogP contribution in [0.2, 0.25) is 0 Å². The molecule has 0 radical (unpaired) electrons. The first-order valence-electron chi connectivity index (χ1n) is 13.0. The molecular formula is C28H29FN4O5S. The number of ether oxygens (including phenoxy) is 1. The summed E-state index contributed by atoms with van der Waals surface area (Å²) < 4.78 is 21.7. The second-order valence-electron chi connectivity index (χ2n) is 10.8. The number of cyclic esters (lactones) is 1. The van der Waals surface area contributed by atoms with Crippen LogP contribution in [0.4, 0.5) is 4.39 Å². The third-order valence-electron chi connectivity index (χ3n) is 8.24. The average molecular weight is 553 g/mol. The summed E-state index contributed by atoms with van der Waals surface area (Å²) in [5, 5.41) is 15.0. The molecule has 39 heavy (non-hydrogen) atoms. The van der Waals surface area contributed by atoms with Crippen molar-refractivity contribution in [2.75, 3.05) is 5.75 Å². The molecule has 2 aromatic heterocycles. The van der Waals surface area contributed by atoms with Gasteiger partial charge < -0.3 is 25.5 Å². The number of halogens is 1. The zero-order chi connectivity index (χ0) is 28.0. The quantitative estimate of drug-likeness (QED) is 0.329. The molecule has 4 N–H and O–H groups in total. The predicted octanol–water partition coefficient (Wildman–Crippen LogP) is 2.77. The number of nitrogens with two attached hydrogens (primary N) is 1. The van der Waals surface area contributed by atoms with E-state index in [9.17, 15) is 19.5 Å². The maximum atomic E-state index is 15.0. The van der Waals surface area contributed by atoms with Crippen LogP contribution in [0.3, 0.4) is 0 Å². The van der Waals surface area contributed by atoms with Gasteiger partial charge in [0, 0.05) is 33.2 Å². The Morgan fingerprint density at radius 1 is 1.36 bits per heavy atom. The summed E-state index contributed by atoms with van der Waals surface area (Å²) in [4.78, 5) is 44.8. The summed E-state index contributed by atoms with van der Waals surface area (Å²) in [7, 11) is 0. The lowest BCUT2D eigenvalue weighted by molar-refractivity contribution is -0.172. The van der Waals surface area contributed by atoms with Crippen LogP contribution in [-0.2, 0) is 33.1 Å². The summed E-state index contributed by atoms with van der Waals surface area (Å²) in [6.07, 6.45) is 0.0280. The number of fused-ring (bicyclic) bond motifs is 5. The Balaban J connectivity index is 1.61. The van der Waals surface area contributed by atoms with Crippen molar-refractivity contribution >= 4 is 34.5 Å². The number of pyridine rings is 2. The average Bonchev–Trinajstić information content (AvgIpc) is 3.28. The fourth-order valence-electron chi connectivity index (χ4n) is 5.81. The van der Waals surface area contributed by atoms with Gasteiger partial charge >= 0.3 is 5.97 Å². The maximum Gasteiger partial charge on any atom is 0.343 e. The van der Waals surface area contributed by atoms with Crippen molar-refractivity contribution in [1.82, 2.24) is 14.9 Å². The Bertz CT molecular complexity index is 1670. The number of amides is 1. The van der Waals surface area contributed by atoms with Gasteiger partial charge in [-0.05, 0) is 36.5 Å². The molecule has 0 fully saturated rings. The highest BCUT2D eigenvalue weighted by Crippen LogP contribution is 2.48. The fourth-order valence-corrected chi connectivity index (χ4v) is 7.07. The van der Waals surface area contributed by atoms with E-state index in [0.717, 1.165) is 21.4 Å². The van der Waals surface area contributed by atoms with Crippen molar-refractivity contribution in [3.8, 4) is 11.4 Å². The van der Waals surface area contributed by atoms with Crippen molar-refractivity contribution in [3.63, 3.8) is 0 Å². The molecule has 6 rings (SSSR count). The number of rotatable bonds is 4. The number of esters is 1. The molecule has 204 valence electrons. The first kappa shape index (κ1) is 26.0. The van der Waals surface area contributed by atoms with Gasteiger partial charge in [0.15, 0.2) is 5.60 Å². The molecule has 9 nitrogen and oxygen atoms in total. The number of aliphatic hydroxyl groups is 1. The number of nitrogens with zero attached hydrogens (tertiary/aromatic N) is 2. The standard InChI is InChI=1S/C28H29FN4O5S/c1-5-28(37)15-6-19-23-13(8-33(19)26(35)14(15)9-38-27(28)36)20-18(32-25(34)22(30)11(2)3)10-39-24-12(4)16(29)7-17(31-23)21(20)24/h6-7,11,18,22,37H,5,8-10,30H2,1-4H3,(H,32,34)/t18-,22+,28+/m1/s1. The third-order valence-corrected chi connectivity index (χ3v) is 9.54. The van der Waals surface area contributed by atoms with Gasteiger partial charge in [-0.15, -0.1) is 11.8 Å². The highest BCUT2D eigenvalue weighted by molar-refractivity contribution is 7.99. The molecule has 11 heteroatoms. The van der Waals surface area contributed by atoms with E-state index < -0.39 is 29.5 Å². The van der Waals surface area contributed by atoms with Crippen LogP contribution in [0.5, 0.6) is 0 Å². The van der Waals surface area contributed by atoms with E-state index in [1.54, 1.807) is 24.5 Å². The van der Waals surface area contributed by atoms with E-state index in [1.807, 2.05) is 13.8 Å². The molecule has 0 aliphatic carbocycles. The number of aromatic nitrogens is 2. The lowest BCUT2D eigenvalue weighted by Crippen LogP contribution is -2.46. The summed E-state index contributed by atoms with van der Waals surface area (Å²) >= 11 is 1.46. The Kier molecular flexibility index (Phi) is 5.91. The molecule has 3 atom stereocenters. The van der Waals surface area contributed by atoms with Crippen LogP contribution < -0.4 is 16.6 Å². The second-order valence-corrected chi connectivity index (χ2v) is 11.8. The molecule has 1 aromatic carbocycles. The van der Waals surface area contributed by atoms with E-state index in [4.69, 9.17) is 15.5 Å². The van der Waals surface area contributed by atoms with E-state index >= 15 is 4.39 Å². The first-order chi connectivity index (χ1) is 18.5. The number of hydrogen-bond donors (Lipinski definition) is 3. The number of carbonyl (C=O) groups excluding carboxylic acids is 2. The van der Waals surface area contributed by atoms with Crippen molar-refractivity contribution in [3.05, 3.63) is 56.1 Å². The molecule has 0 unspecified atom stereocenters. The SMILES string of the molecule is CC[C@@]1(O)C(=O)OCc2c1cc1n(c2=O)Cc2c-1nc1cc(F)c(C)c3c1c2[C@H](NC(=O)[C@@H](N)C(C)C)CS3. The highest BCUT2D eigenvalue weighted by atomic mass is 32.2. The zero-order valence-electron chi connectivity index (χ0n) is 22.1. The molecule has 3 aromatic rings.